The number of amides is 2. The lowest BCUT2D eigenvalue weighted by Gasteiger charge is -2.11. The smallest absolute Gasteiger partial charge is 0.321 e. The average Bonchev–Trinajstić information content (AvgIpc) is 2.56. The molecule has 2 N–H and O–H groups in total. The standard InChI is InChI=1S/C18H20Cl2N2O2/c1-2-3-4-13-5-8-15(9-6-13)22-18(23)21-12-24-17-10-7-14(19)11-16(17)20/h5-11H,2-4,12H2,1H3,(H2,21,22,23). The zero-order valence-electron chi connectivity index (χ0n) is 13.4. The van der Waals surface area contributed by atoms with Crippen molar-refractivity contribution in [1.82, 2.24) is 5.32 Å². The lowest BCUT2D eigenvalue weighted by Crippen LogP contribution is -2.32. The largest absolute Gasteiger partial charge is 0.472 e. The van der Waals surface area contributed by atoms with Crippen LogP contribution in [0.2, 0.25) is 10.0 Å². The Morgan fingerprint density at radius 2 is 1.88 bits per heavy atom. The predicted molar refractivity (Wildman–Crippen MR) is 99.2 cm³/mol. The third-order valence-electron chi connectivity index (χ3n) is 3.39. The number of halogens is 2. The first-order valence-corrected chi connectivity index (χ1v) is 8.55. The Morgan fingerprint density at radius 1 is 1.12 bits per heavy atom. The number of rotatable bonds is 7. The van der Waals surface area contributed by atoms with E-state index in [-0.39, 0.29) is 12.8 Å². The van der Waals surface area contributed by atoms with Gasteiger partial charge in [0.2, 0.25) is 0 Å². The number of ether oxygens (including phenoxy) is 1. The van der Waals surface area contributed by atoms with Crippen LogP contribution in [0.25, 0.3) is 0 Å². The van der Waals surface area contributed by atoms with Crippen LogP contribution in [0.4, 0.5) is 10.5 Å². The zero-order valence-corrected chi connectivity index (χ0v) is 15.0. The molecule has 0 radical (unpaired) electrons. The molecule has 2 aromatic carbocycles. The van der Waals surface area contributed by atoms with E-state index in [2.05, 4.69) is 17.6 Å². The number of anilines is 1. The summed E-state index contributed by atoms with van der Waals surface area (Å²) < 4.78 is 5.40. The molecule has 0 aliphatic carbocycles. The van der Waals surface area contributed by atoms with Crippen molar-refractivity contribution in [3.8, 4) is 5.75 Å². The molecule has 4 nitrogen and oxygen atoms in total. The highest BCUT2D eigenvalue weighted by Gasteiger charge is 2.04. The molecule has 0 saturated heterocycles. The van der Waals surface area contributed by atoms with Crippen LogP contribution < -0.4 is 15.4 Å². The number of hydrogen-bond donors (Lipinski definition) is 2. The summed E-state index contributed by atoms with van der Waals surface area (Å²) in [5, 5.41) is 6.28. The molecule has 0 unspecified atom stereocenters. The second-order valence-electron chi connectivity index (χ2n) is 5.29. The number of nitrogens with one attached hydrogen (secondary N) is 2. The van der Waals surface area contributed by atoms with Crippen LogP contribution in [-0.4, -0.2) is 12.8 Å². The van der Waals surface area contributed by atoms with Crippen LogP contribution >= 0.6 is 23.2 Å². The Kier molecular flexibility index (Phi) is 7.22. The van der Waals surface area contributed by atoms with Gasteiger partial charge in [-0.15, -0.1) is 0 Å². The molecule has 0 aromatic heterocycles. The summed E-state index contributed by atoms with van der Waals surface area (Å²) >= 11 is 11.8. The van der Waals surface area contributed by atoms with E-state index in [4.69, 9.17) is 27.9 Å². The zero-order chi connectivity index (χ0) is 17.4. The van der Waals surface area contributed by atoms with E-state index in [0.29, 0.717) is 15.8 Å². The van der Waals surface area contributed by atoms with Crippen LogP contribution in [0.15, 0.2) is 42.5 Å². The molecule has 0 atom stereocenters. The second kappa shape index (κ2) is 9.40. The van der Waals surface area contributed by atoms with Crippen molar-refractivity contribution in [1.29, 1.82) is 0 Å². The molecule has 0 spiro atoms. The molecule has 0 aliphatic heterocycles. The average molecular weight is 367 g/mol. The van der Waals surface area contributed by atoms with Crippen molar-refractivity contribution in [2.45, 2.75) is 26.2 Å². The lowest BCUT2D eigenvalue weighted by molar-refractivity contribution is 0.234. The molecule has 2 amide bonds. The highest BCUT2D eigenvalue weighted by molar-refractivity contribution is 6.35. The number of unbranched alkanes of at least 4 members (excludes halogenated alkanes) is 1. The van der Waals surface area contributed by atoms with Gasteiger partial charge in [0.1, 0.15) is 5.75 Å². The van der Waals surface area contributed by atoms with Gasteiger partial charge < -0.3 is 15.4 Å². The van der Waals surface area contributed by atoms with Crippen molar-refractivity contribution in [3.63, 3.8) is 0 Å². The summed E-state index contributed by atoms with van der Waals surface area (Å²) in [6, 6.07) is 12.4. The molecule has 0 saturated carbocycles. The molecule has 0 aliphatic rings. The molecule has 6 heteroatoms. The first-order valence-electron chi connectivity index (χ1n) is 7.80. The van der Waals surface area contributed by atoms with E-state index in [0.717, 1.165) is 18.5 Å². The minimum absolute atomic E-state index is 0.00176. The maximum absolute atomic E-state index is 11.8. The third kappa shape index (κ3) is 5.95. The van der Waals surface area contributed by atoms with Crippen LogP contribution in [0, 0.1) is 0 Å². The Hall–Kier alpha value is -1.91. The Balaban J connectivity index is 1.76. The van der Waals surface area contributed by atoms with Gasteiger partial charge >= 0.3 is 6.03 Å². The number of aryl methyl sites for hydroxylation is 1. The molecule has 0 fully saturated rings. The maximum atomic E-state index is 11.8. The van der Waals surface area contributed by atoms with Gasteiger partial charge in [0.25, 0.3) is 0 Å². The molecular weight excluding hydrogens is 347 g/mol. The number of carbonyl (C=O) groups is 1. The minimum Gasteiger partial charge on any atom is -0.472 e. The van der Waals surface area contributed by atoms with Crippen molar-refractivity contribution in [2.24, 2.45) is 0 Å². The van der Waals surface area contributed by atoms with Gasteiger partial charge in [-0.25, -0.2) is 4.79 Å². The van der Waals surface area contributed by atoms with Gasteiger partial charge in [0.05, 0.1) is 5.02 Å². The van der Waals surface area contributed by atoms with E-state index in [1.165, 1.54) is 12.0 Å². The number of hydrogen-bond acceptors (Lipinski definition) is 2. The lowest BCUT2D eigenvalue weighted by atomic mass is 10.1. The number of urea groups is 1. The first kappa shape index (κ1) is 18.4. The van der Waals surface area contributed by atoms with Gasteiger partial charge in [-0.05, 0) is 48.7 Å². The SMILES string of the molecule is CCCCc1ccc(NC(=O)NCOc2ccc(Cl)cc2Cl)cc1. The number of carbonyl (C=O) groups excluding carboxylic acids is 1. The minimum atomic E-state index is -0.346. The first-order chi connectivity index (χ1) is 11.6. The molecule has 0 heterocycles. The van der Waals surface area contributed by atoms with Gasteiger partial charge in [0.15, 0.2) is 6.73 Å². The third-order valence-corrected chi connectivity index (χ3v) is 3.92. The highest BCUT2D eigenvalue weighted by atomic mass is 35.5. The summed E-state index contributed by atoms with van der Waals surface area (Å²) in [4.78, 5) is 11.8. The second-order valence-corrected chi connectivity index (χ2v) is 6.14. The Labute approximate surface area is 152 Å². The highest BCUT2D eigenvalue weighted by Crippen LogP contribution is 2.27. The molecular formula is C18H20Cl2N2O2. The van der Waals surface area contributed by atoms with Gasteiger partial charge in [-0.2, -0.15) is 0 Å². The van der Waals surface area contributed by atoms with Crippen LogP contribution in [0.1, 0.15) is 25.3 Å². The van der Waals surface area contributed by atoms with Crippen molar-refractivity contribution in [3.05, 3.63) is 58.1 Å². The van der Waals surface area contributed by atoms with Crippen LogP contribution in [-0.2, 0) is 6.42 Å². The molecule has 0 bridgehead atoms. The van der Waals surface area contributed by atoms with Gasteiger partial charge in [-0.3, -0.25) is 0 Å². The maximum Gasteiger partial charge on any atom is 0.321 e. The fourth-order valence-electron chi connectivity index (χ4n) is 2.08. The molecule has 2 rings (SSSR count). The normalized spacial score (nSPS) is 10.3. The fourth-order valence-corrected chi connectivity index (χ4v) is 2.55. The van der Waals surface area contributed by atoms with E-state index in [1.807, 2.05) is 24.3 Å². The van der Waals surface area contributed by atoms with Gasteiger partial charge in [0, 0.05) is 10.7 Å². The van der Waals surface area contributed by atoms with Crippen LogP contribution in [0.3, 0.4) is 0 Å². The predicted octanol–water partition coefficient (Wildman–Crippen LogP) is 5.49. The molecule has 24 heavy (non-hydrogen) atoms. The molecule has 128 valence electrons. The van der Waals surface area contributed by atoms with Crippen molar-refractivity contribution < 1.29 is 9.53 Å². The summed E-state index contributed by atoms with van der Waals surface area (Å²) in [5.74, 6) is 0.460. The Morgan fingerprint density at radius 3 is 2.54 bits per heavy atom. The Bertz CT molecular complexity index is 675. The summed E-state index contributed by atoms with van der Waals surface area (Å²) in [7, 11) is 0. The summed E-state index contributed by atoms with van der Waals surface area (Å²) in [6.07, 6.45) is 3.39. The fraction of sp³-hybridized carbons (Fsp3) is 0.278. The molecule has 2 aromatic rings. The topological polar surface area (TPSA) is 50.4 Å². The van der Waals surface area contributed by atoms with E-state index in [9.17, 15) is 4.79 Å². The van der Waals surface area contributed by atoms with Gasteiger partial charge in [-0.1, -0.05) is 48.7 Å². The van der Waals surface area contributed by atoms with Crippen molar-refractivity contribution in [2.75, 3.05) is 12.0 Å². The summed E-state index contributed by atoms with van der Waals surface area (Å²) in [5.41, 5.74) is 2.00. The van der Waals surface area contributed by atoms with E-state index in [1.54, 1.807) is 18.2 Å². The van der Waals surface area contributed by atoms with Crippen LogP contribution in [0.5, 0.6) is 5.75 Å². The van der Waals surface area contributed by atoms with E-state index >= 15 is 0 Å². The van der Waals surface area contributed by atoms with E-state index < -0.39 is 0 Å². The quantitative estimate of drug-likeness (QED) is 0.636. The summed E-state index contributed by atoms with van der Waals surface area (Å²) in [6.45, 7) is 2.17. The monoisotopic (exact) mass is 366 g/mol. The van der Waals surface area contributed by atoms with Crippen molar-refractivity contribution >= 4 is 34.9 Å². The number of benzene rings is 2.